The highest BCUT2D eigenvalue weighted by molar-refractivity contribution is 5.85. The molecule has 0 unspecified atom stereocenters. The van der Waals surface area contributed by atoms with Gasteiger partial charge in [-0.3, -0.25) is 4.90 Å². The molecule has 2 aliphatic rings. The van der Waals surface area contributed by atoms with Crippen LogP contribution in [0.3, 0.4) is 0 Å². The second kappa shape index (κ2) is 7.75. The Morgan fingerprint density at radius 2 is 1.67 bits per heavy atom. The first kappa shape index (κ1) is 19.1. The van der Waals surface area contributed by atoms with Gasteiger partial charge in [0.25, 0.3) is 0 Å². The van der Waals surface area contributed by atoms with Gasteiger partial charge in [-0.2, -0.15) is 0 Å². The van der Waals surface area contributed by atoms with Crippen LogP contribution in [0, 0.1) is 0 Å². The summed E-state index contributed by atoms with van der Waals surface area (Å²) in [6, 6.07) is 17.1. The van der Waals surface area contributed by atoms with Crippen LogP contribution in [0.25, 0.3) is 0 Å². The van der Waals surface area contributed by atoms with E-state index in [0.717, 1.165) is 26.2 Å². The molecule has 0 aromatic heterocycles. The zero-order valence-electron chi connectivity index (χ0n) is 13.8. The summed E-state index contributed by atoms with van der Waals surface area (Å²) in [6.45, 7) is 4.32. The van der Waals surface area contributed by atoms with Crippen molar-refractivity contribution in [3.05, 3.63) is 65.2 Å². The van der Waals surface area contributed by atoms with E-state index in [1.165, 1.54) is 16.7 Å². The monoisotopic (exact) mass is 366 g/mol. The molecule has 0 aliphatic carbocycles. The number of phenols is 1. The van der Waals surface area contributed by atoms with Crippen LogP contribution in [0.15, 0.2) is 48.5 Å². The number of phenolic OH excluding ortho intramolecular Hbond substituents is 1. The van der Waals surface area contributed by atoms with Crippen LogP contribution in [-0.4, -0.2) is 48.1 Å². The molecule has 3 nitrogen and oxygen atoms in total. The van der Waals surface area contributed by atoms with Crippen LogP contribution in [-0.2, 0) is 0 Å². The number of rotatable bonds is 1. The summed E-state index contributed by atoms with van der Waals surface area (Å²) in [5, 5.41) is 9.97. The van der Waals surface area contributed by atoms with Crippen LogP contribution < -0.4 is 0 Å². The second-order valence-corrected chi connectivity index (χ2v) is 6.55. The molecule has 0 amide bonds. The topological polar surface area (TPSA) is 26.7 Å². The van der Waals surface area contributed by atoms with Gasteiger partial charge in [0, 0.05) is 38.1 Å². The summed E-state index contributed by atoms with van der Waals surface area (Å²) in [5.41, 5.74) is 4.04. The lowest BCUT2D eigenvalue weighted by molar-refractivity contribution is 0.0771. The number of piperazine rings is 1. The second-order valence-electron chi connectivity index (χ2n) is 6.55. The Labute approximate surface area is 156 Å². The van der Waals surface area contributed by atoms with E-state index in [2.05, 4.69) is 53.2 Å². The van der Waals surface area contributed by atoms with Gasteiger partial charge in [-0.05, 0) is 35.9 Å². The molecule has 4 rings (SSSR count). The molecule has 1 fully saturated rings. The highest BCUT2D eigenvalue weighted by Gasteiger charge is 2.36. The molecule has 1 N–H and O–H groups in total. The van der Waals surface area contributed by atoms with Crippen LogP contribution in [0.1, 0.15) is 28.7 Å². The Balaban J connectivity index is 0.00000104. The number of hydrogen-bond acceptors (Lipinski definition) is 3. The summed E-state index contributed by atoms with van der Waals surface area (Å²) in [6.07, 6.45) is 0. The van der Waals surface area contributed by atoms with E-state index >= 15 is 0 Å². The third-order valence-corrected chi connectivity index (χ3v) is 5.12. The third-order valence-electron chi connectivity index (χ3n) is 5.12. The fourth-order valence-corrected chi connectivity index (χ4v) is 3.94. The Bertz CT molecular complexity index is 680. The van der Waals surface area contributed by atoms with Crippen molar-refractivity contribution in [2.45, 2.75) is 12.0 Å². The van der Waals surface area contributed by atoms with Gasteiger partial charge in [0.15, 0.2) is 0 Å². The molecule has 0 bridgehead atoms. The molecule has 2 aliphatic heterocycles. The van der Waals surface area contributed by atoms with Crippen molar-refractivity contribution < 1.29 is 5.11 Å². The highest BCUT2D eigenvalue weighted by Crippen LogP contribution is 2.41. The number of likely N-dealkylation sites (N-methyl/N-ethyl adjacent to an activating group) is 1. The zero-order chi connectivity index (χ0) is 15.1. The average molecular weight is 367 g/mol. The molecule has 0 radical (unpaired) electrons. The molecule has 24 heavy (non-hydrogen) atoms. The molecule has 0 spiro atoms. The molecule has 0 saturated carbocycles. The van der Waals surface area contributed by atoms with Gasteiger partial charge in [-0.25, -0.2) is 0 Å². The quantitative estimate of drug-likeness (QED) is 0.833. The zero-order valence-corrected chi connectivity index (χ0v) is 15.4. The summed E-state index contributed by atoms with van der Waals surface area (Å²) in [7, 11) is 2.18. The molecule has 2 atom stereocenters. The summed E-state index contributed by atoms with van der Waals surface area (Å²) in [5.74, 6) is 0.775. The molecule has 5 heteroatoms. The molecule has 2 heterocycles. The van der Waals surface area contributed by atoms with E-state index < -0.39 is 0 Å². The van der Waals surface area contributed by atoms with E-state index in [4.69, 9.17) is 0 Å². The van der Waals surface area contributed by atoms with Crippen molar-refractivity contribution in [2.24, 2.45) is 0 Å². The smallest absolute Gasteiger partial charge is 0.115 e. The van der Waals surface area contributed by atoms with Crippen molar-refractivity contribution >= 4 is 24.8 Å². The Kier molecular flexibility index (Phi) is 6.16. The van der Waals surface area contributed by atoms with Crippen molar-refractivity contribution in [1.82, 2.24) is 9.80 Å². The maximum Gasteiger partial charge on any atom is 0.115 e. The maximum atomic E-state index is 9.97. The summed E-state index contributed by atoms with van der Waals surface area (Å²) >= 11 is 0. The van der Waals surface area contributed by atoms with Crippen molar-refractivity contribution in [1.29, 1.82) is 0 Å². The largest absolute Gasteiger partial charge is 0.508 e. The molecule has 2 aromatic carbocycles. The molecule has 2 aromatic rings. The fraction of sp³-hybridized carbons (Fsp3) is 0.368. The van der Waals surface area contributed by atoms with Crippen LogP contribution in [0.2, 0.25) is 0 Å². The van der Waals surface area contributed by atoms with Gasteiger partial charge in [0.1, 0.15) is 5.75 Å². The minimum Gasteiger partial charge on any atom is -0.508 e. The van der Waals surface area contributed by atoms with Crippen LogP contribution in [0.5, 0.6) is 5.75 Å². The highest BCUT2D eigenvalue weighted by atomic mass is 35.5. The first-order chi connectivity index (χ1) is 10.7. The molecular formula is C19H24Cl2N2O. The van der Waals surface area contributed by atoms with Gasteiger partial charge >= 0.3 is 0 Å². The van der Waals surface area contributed by atoms with Crippen LogP contribution in [0.4, 0.5) is 0 Å². The van der Waals surface area contributed by atoms with Gasteiger partial charge < -0.3 is 10.0 Å². The molecule has 130 valence electrons. The third kappa shape index (κ3) is 3.40. The van der Waals surface area contributed by atoms with E-state index in [1.54, 1.807) is 0 Å². The number of fused-ring (bicyclic) bond motifs is 3. The fourth-order valence-electron chi connectivity index (χ4n) is 3.94. The Morgan fingerprint density at radius 1 is 0.917 bits per heavy atom. The molecule has 1 saturated heterocycles. The van der Waals surface area contributed by atoms with Gasteiger partial charge in [0.05, 0.1) is 0 Å². The SMILES string of the molecule is CN1CCN2C[C@H](c3ccccc3)c3ccc(O)cc3[C@@H]2C1.Cl.Cl. The Morgan fingerprint density at radius 3 is 2.42 bits per heavy atom. The normalized spacial score (nSPS) is 23.4. The van der Waals surface area contributed by atoms with Crippen LogP contribution >= 0.6 is 24.8 Å². The van der Waals surface area contributed by atoms with Crippen molar-refractivity contribution in [3.63, 3.8) is 0 Å². The van der Waals surface area contributed by atoms with E-state index in [-0.39, 0.29) is 24.8 Å². The summed E-state index contributed by atoms with van der Waals surface area (Å²) < 4.78 is 0. The maximum absolute atomic E-state index is 9.97. The first-order valence-corrected chi connectivity index (χ1v) is 8.03. The average Bonchev–Trinajstić information content (AvgIpc) is 2.55. The predicted molar refractivity (Wildman–Crippen MR) is 103 cm³/mol. The summed E-state index contributed by atoms with van der Waals surface area (Å²) in [4.78, 5) is 4.97. The van der Waals surface area contributed by atoms with Gasteiger partial charge in [0.2, 0.25) is 0 Å². The first-order valence-electron chi connectivity index (χ1n) is 8.03. The minimum atomic E-state index is 0. The van der Waals surface area contributed by atoms with Gasteiger partial charge in [-0.1, -0.05) is 36.4 Å². The lowest BCUT2D eigenvalue weighted by Gasteiger charge is -2.46. The molecular weight excluding hydrogens is 343 g/mol. The van der Waals surface area contributed by atoms with Crippen molar-refractivity contribution in [3.8, 4) is 5.75 Å². The lowest BCUT2D eigenvalue weighted by atomic mass is 9.80. The number of hydrogen-bond donors (Lipinski definition) is 1. The Hall–Kier alpha value is -1.26. The number of aromatic hydroxyl groups is 1. The predicted octanol–water partition coefficient (Wildman–Crippen LogP) is 3.67. The van der Waals surface area contributed by atoms with E-state index in [0.29, 0.717) is 17.7 Å². The standard InChI is InChI=1S/C19H22N2O.2ClH/c1-20-9-10-21-12-18(14-5-3-2-4-6-14)16-8-7-15(22)11-17(16)19(21)13-20;;/h2-8,11,18-19,22H,9-10,12-13H2,1H3;2*1H/t18-,19+;;/m1../s1. The van der Waals surface area contributed by atoms with Crippen molar-refractivity contribution in [2.75, 3.05) is 33.2 Å². The minimum absolute atomic E-state index is 0. The number of halogens is 2. The lowest BCUT2D eigenvalue weighted by Crippen LogP contribution is -2.50. The van der Waals surface area contributed by atoms with Gasteiger partial charge in [-0.15, -0.1) is 24.8 Å². The number of benzene rings is 2. The van der Waals surface area contributed by atoms with E-state index in [9.17, 15) is 5.11 Å². The van der Waals surface area contributed by atoms with E-state index in [1.807, 2.05) is 12.1 Å². The number of nitrogens with zero attached hydrogens (tertiary/aromatic N) is 2.